The lowest BCUT2D eigenvalue weighted by Crippen LogP contribution is -2.38. The predicted molar refractivity (Wildman–Crippen MR) is 98.9 cm³/mol. The molecule has 25 heavy (non-hydrogen) atoms. The number of piperidine rings is 1. The molecule has 1 saturated heterocycles. The highest BCUT2D eigenvalue weighted by atomic mass is 35.5. The van der Waals surface area contributed by atoms with Gasteiger partial charge < -0.3 is 4.90 Å². The van der Waals surface area contributed by atoms with Crippen LogP contribution in [-0.2, 0) is 9.84 Å². The molecule has 1 heterocycles. The normalized spacial score (nSPS) is 16.0. The van der Waals surface area contributed by atoms with Gasteiger partial charge in [-0.05, 0) is 42.5 Å². The molecular weight excluding hydrogens is 358 g/mol. The first-order valence-electron chi connectivity index (χ1n) is 8.20. The summed E-state index contributed by atoms with van der Waals surface area (Å²) in [6.45, 7) is 1.27. The molecule has 0 spiro atoms. The van der Waals surface area contributed by atoms with Gasteiger partial charge in [-0.15, -0.1) is 0 Å². The van der Waals surface area contributed by atoms with Crippen LogP contribution in [0.4, 0.5) is 0 Å². The van der Waals surface area contributed by atoms with Crippen LogP contribution >= 0.6 is 11.6 Å². The summed E-state index contributed by atoms with van der Waals surface area (Å²) in [7, 11) is -3.38. The second-order valence-electron chi connectivity index (χ2n) is 6.39. The van der Waals surface area contributed by atoms with Crippen molar-refractivity contribution in [2.24, 2.45) is 0 Å². The maximum atomic E-state index is 12.8. The van der Waals surface area contributed by atoms with Crippen LogP contribution in [0.2, 0.25) is 5.02 Å². The number of amides is 1. The van der Waals surface area contributed by atoms with E-state index in [9.17, 15) is 13.2 Å². The molecule has 2 aromatic rings. The Labute approximate surface area is 153 Å². The van der Waals surface area contributed by atoms with Crippen LogP contribution in [0, 0.1) is 0 Å². The first-order valence-corrected chi connectivity index (χ1v) is 10.5. The first-order chi connectivity index (χ1) is 11.9. The number of halogens is 1. The maximum Gasteiger partial charge on any atom is 0.255 e. The Balaban J connectivity index is 1.75. The number of hydrogen-bond donors (Lipinski definition) is 0. The van der Waals surface area contributed by atoms with Crippen LogP contribution in [0.3, 0.4) is 0 Å². The minimum Gasteiger partial charge on any atom is -0.339 e. The summed E-state index contributed by atoms with van der Waals surface area (Å²) in [6, 6.07) is 14.6. The summed E-state index contributed by atoms with van der Waals surface area (Å²) in [6.07, 6.45) is 2.90. The molecule has 6 heteroatoms. The number of hydrogen-bond acceptors (Lipinski definition) is 3. The Morgan fingerprint density at radius 1 is 1.08 bits per heavy atom. The van der Waals surface area contributed by atoms with Gasteiger partial charge in [-0.25, -0.2) is 8.42 Å². The lowest BCUT2D eigenvalue weighted by molar-refractivity contribution is 0.0713. The second-order valence-corrected chi connectivity index (χ2v) is 8.81. The van der Waals surface area contributed by atoms with Gasteiger partial charge in [-0.1, -0.05) is 41.9 Å². The molecule has 0 radical (unpaired) electrons. The molecule has 1 fully saturated rings. The van der Waals surface area contributed by atoms with Crippen LogP contribution < -0.4 is 0 Å². The lowest BCUT2D eigenvalue weighted by Gasteiger charge is -2.32. The van der Waals surface area contributed by atoms with E-state index < -0.39 is 9.84 Å². The van der Waals surface area contributed by atoms with Gasteiger partial charge in [-0.3, -0.25) is 4.79 Å². The Kier molecular flexibility index (Phi) is 5.16. The van der Waals surface area contributed by atoms with E-state index in [0.29, 0.717) is 19.0 Å². The summed E-state index contributed by atoms with van der Waals surface area (Å²) >= 11 is 6.14. The van der Waals surface area contributed by atoms with E-state index in [1.165, 1.54) is 23.8 Å². The molecule has 2 aromatic carbocycles. The molecule has 0 atom stereocenters. The third-order valence-corrected chi connectivity index (χ3v) is 6.09. The molecule has 0 bridgehead atoms. The largest absolute Gasteiger partial charge is 0.339 e. The van der Waals surface area contributed by atoms with Gasteiger partial charge in [0.15, 0.2) is 9.84 Å². The van der Waals surface area contributed by atoms with Crippen molar-refractivity contribution in [1.29, 1.82) is 0 Å². The fourth-order valence-electron chi connectivity index (χ4n) is 3.21. The summed E-state index contributed by atoms with van der Waals surface area (Å²) in [5.41, 5.74) is 1.55. The van der Waals surface area contributed by atoms with Crippen LogP contribution in [-0.4, -0.2) is 38.6 Å². The van der Waals surface area contributed by atoms with Crippen LogP contribution in [0.5, 0.6) is 0 Å². The number of sulfone groups is 1. The molecule has 0 unspecified atom stereocenters. The van der Waals surface area contributed by atoms with Crippen molar-refractivity contribution >= 4 is 27.3 Å². The minimum absolute atomic E-state index is 0.111. The van der Waals surface area contributed by atoms with Crippen molar-refractivity contribution in [3.63, 3.8) is 0 Å². The molecule has 0 saturated carbocycles. The molecule has 4 nitrogen and oxygen atoms in total. The molecule has 0 N–H and O–H groups in total. The van der Waals surface area contributed by atoms with E-state index in [1.54, 1.807) is 4.90 Å². The fourth-order valence-corrected chi connectivity index (χ4v) is 4.06. The SMILES string of the molecule is CS(=O)(=O)c1ccc(Cl)c(C(=O)N2CCC(c3ccccc3)CC2)c1. The van der Waals surface area contributed by atoms with Crippen molar-refractivity contribution in [2.45, 2.75) is 23.7 Å². The first kappa shape index (κ1) is 18.0. The quantitative estimate of drug-likeness (QED) is 0.818. The van der Waals surface area contributed by atoms with Crippen LogP contribution in [0.25, 0.3) is 0 Å². The van der Waals surface area contributed by atoms with Crippen LogP contribution in [0.15, 0.2) is 53.4 Å². The van der Waals surface area contributed by atoms with Gasteiger partial charge in [0.2, 0.25) is 0 Å². The number of carbonyl (C=O) groups excluding carboxylic acids is 1. The van der Waals surface area contributed by atoms with Gasteiger partial charge in [0, 0.05) is 19.3 Å². The van der Waals surface area contributed by atoms with Crippen molar-refractivity contribution in [2.75, 3.05) is 19.3 Å². The third-order valence-electron chi connectivity index (χ3n) is 4.65. The number of rotatable bonds is 3. The van der Waals surface area contributed by atoms with E-state index in [1.807, 2.05) is 18.2 Å². The predicted octanol–water partition coefficient (Wildman–Crippen LogP) is 3.76. The molecule has 3 rings (SSSR count). The number of nitrogens with zero attached hydrogens (tertiary/aromatic N) is 1. The monoisotopic (exact) mass is 377 g/mol. The minimum atomic E-state index is -3.38. The molecule has 132 valence electrons. The van der Waals surface area contributed by atoms with E-state index in [0.717, 1.165) is 19.1 Å². The van der Waals surface area contributed by atoms with Gasteiger partial charge in [0.1, 0.15) is 0 Å². The smallest absolute Gasteiger partial charge is 0.255 e. The summed E-state index contributed by atoms with van der Waals surface area (Å²) < 4.78 is 23.5. The van der Waals surface area contributed by atoms with E-state index in [4.69, 9.17) is 11.6 Å². The van der Waals surface area contributed by atoms with E-state index >= 15 is 0 Å². The second kappa shape index (κ2) is 7.18. The third kappa shape index (κ3) is 4.05. The van der Waals surface area contributed by atoms with Gasteiger partial charge in [0.05, 0.1) is 15.5 Å². The van der Waals surface area contributed by atoms with Crippen molar-refractivity contribution < 1.29 is 13.2 Å². The molecule has 0 aliphatic carbocycles. The standard InChI is InChI=1S/C19H20ClNO3S/c1-25(23,24)16-7-8-18(20)17(13-16)19(22)21-11-9-15(10-12-21)14-5-3-2-4-6-14/h2-8,13,15H,9-12H2,1H3. The van der Waals surface area contributed by atoms with E-state index in [2.05, 4.69) is 12.1 Å². The average Bonchev–Trinajstić information content (AvgIpc) is 2.61. The summed E-state index contributed by atoms with van der Waals surface area (Å²) in [5, 5.41) is 0.280. The Morgan fingerprint density at radius 2 is 1.72 bits per heavy atom. The zero-order valence-corrected chi connectivity index (χ0v) is 15.6. The highest BCUT2D eigenvalue weighted by Gasteiger charge is 2.26. The van der Waals surface area contributed by atoms with Gasteiger partial charge in [-0.2, -0.15) is 0 Å². The molecule has 0 aromatic heterocycles. The Bertz CT molecular complexity index is 873. The Morgan fingerprint density at radius 3 is 2.32 bits per heavy atom. The summed E-state index contributed by atoms with van der Waals surface area (Å²) in [4.78, 5) is 14.7. The van der Waals surface area contributed by atoms with Crippen LogP contribution in [0.1, 0.15) is 34.7 Å². The number of benzene rings is 2. The highest BCUT2D eigenvalue weighted by molar-refractivity contribution is 7.90. The lowest BCUT2D eigenvalue weighted by atomic mass is 9.89. The van der Waals surface area contributed by atoms with Gasteiger partial charge in [0.25, 0.3) is 5.91 Å². The number of likely N-dealkylation sites (tertiary alicyclic amines) is 1. The highest BCUT2D eigenvalue weighted by Crippen LogP contribution is 2.29. The molecule has 1 amide bonds. The molecule has 1 aliphatic rings. The molecule has 1 aliphatic heterocycles. The van der Waals surface area contributed by atoms with E-state index in [-0.39, 0.29) is 21.4 Å². The zero-order chi connectivity index (χ0) is 18.0. The summed E-state index contributed by atoms with van der Waals surface area (Å²) in [5.74, 6) is 0.241. The van der Waals surface area contributed by atoms with Crippen molar-refractivity contribution in [1.82, 2.24) is 4.90 Å². The topological polar surface area (TPSA) is 54.5 Å². The average molecular weight is 378 g/mol. The molecular formula is C19H20ClNO3S. The maximum absolute atomic E-state index is 12.8. The number of carbonyl (C=O) groups is 1. The van der Waals surface area contributed by atoms with Crippen molar-refractivity contribution in [3.8, 4) is 0 Å². The zero-order valence-electron chi connectivity index (χ0n) is 14.0. The van der Waals surface area contributed by atoms with Crippen molar-refractivity contribution in [3.05, 3.63) is 64.7 Å². The fraction of sp³-hybridized carbons (Fsp3) is 0.316. The Hall–Kier alpha value is -1.85. The van der Waals surface area contributed by atoms with Gasteiger partial charge >= 0.3 is 0 Å².